The summed E-state index contributed by atoms with van der Waals surface area (Å²) in [6.07, 6.45) is 5.72. The van der Waals surface area contributed by atoms with E-state index < -0.39 is 21.7 Å². The van der Waals surface area contributed by atoms with E-state index in [0.29, 0.717) is 45.7 Å². The standard InChI is InChI=1S/C32H39N3O7S/c1-31(2)24(22-5-7-23(8-6-22)30(38)39)11-13-32(3)21-35(16-12-27(31)32)29(37)26-10-9-25(42-26)28(36)33-14-4-15-34-17-19-43(40,41)20-18-34/h5-12H,4,13-21H2,1-3H3,(H,33,36)(H,38,39)/t32-/m1/s1. The highest BCUT2D eigenvalue weighted by atomic mass is 32.2. The van der Waals surface area contributed by atoms with Crippen molar-refractivity contribution in [1.29, 1.82) is 0 Å². The minimum atomic E-state index is -2.92. The number of nitrogens with one attached hydrogen (secondary N) is 1. The number of furan rings is 1. The van der Waals surface area contributed by atoms with Crippen molar-refractivity contribution < 1.29 is 32.3 Å². The van der Waals surface area contributed by atoms with Gasteiger partial charge in [0, 0.05) is 43.6 Å². The molecule has 2 aromatic rings. The highest BCUT2D eigenvalue weighted by Crippen LogP contribution is 2.55. The zero-order valence-corrected chi connectivity index (χ0v) is 25.7. The number of carbonyl (C=O) groups is 3. The van der Waals surface area contributed by atoms with E-state index in [9.17, 15) is 27.9 Å². The van der Waals surface area contributed by atoms with Gasteiger partial charge in [-0.3, -0.25) is 9.59 Å². The van der Waals surface area contributed by atoms with Crippen molar-refractivity contribution in [2.45, 2.75) is 33.6 Å². The maximum Gasteiger partial charge on any atom is 0.335 e. The van der Waals surface area contributed by atoms with Gasteiger partial charge in [-0.15, -0.1) is 0 Å². The Balaban J connectivity index is 1.18. The summed E-state index contributed by atoms with van der Waals surface area (Å²) in [6, 6.07) is 10.0. The molecule has 1 fully saturated rings. The average molecular weight is 610 g/mol. The van der Waals surface area contributed by atoms with Crippen LogP contribution < -0.4 is 5.32 Å². The number of aromatic carboxylic acids is 1. The van der Waals surface area contributed by atoms with Crippen LogP contribution in [-0.4, -0.2) is 91.9 Å². The maximum atomic E-state index is 13.4. The summed E-state index contributed by atoms with van der Waals surface area (Å²) in [4.78, 5) is 41.2. The number of amides is 2. The van der Waals surface area contributed by atoms with Gasteiger partial charge in [0.25, 0.3) is 11.8 Å². The minimum Gasteiger partial charge on any atom is -0.478 e. The van der Waals surface area contributed by atoms with E-state index in [4.69, 9.17) is 4.42 Å². The van der Waals surface area contributed by atoms with Gasteiger partial charge in [0.2, 0.25) is 0 Å². The molecule has 3 heterocycles. The van der Waals surface area contributed by atoms with Gasteiger partial charge >= 0.3 is 5.97 Å². The molecule has 1 aromatic heterocycles. The van der Waals surface area contributed by atoms with Gasteiger partial charge in [-0.2, -0.15) is 0 Å². The van der Waals surface area contributed by atoms with Crippen LogP contribution in [0.25, 0.3) is 5.57 Å². The van der Waals surface area contributed by atoms with Crippen molar-refractivity contribution in [3.63, 3.8) is 0 Å². The van der Waals surface area contributed by atoms with Crippen LogP contribution in [0, 0.1) is 10.8 Å². The summed E-state index contributed by atoms with van der Waals surface area (Å²) < 4.78 is 28.8. The molecule has 0 spiro atoms. The molecule has 2 aliphatic heterocycles. The summed E-state index contributed by atoms with van der Waals surface area (Å²) in [6.45, 7) is 9.56. The topological polar surface area (TPSA) is 137 Å². The number of nitrogens with zero attached hydrogens (tertiary/aromatic N) is 2. The lowest BCUT2D eigenvalue weighted by atomic mass is 9.58. The van der Waals surface area contributed by atoms with Crippen LogP contribution in [0.2, 0.25) is 0 Å². The first-order valence-electron chi connectivity index (χ1n) is 14.6. The third-order valence-corrected chi connectivity index (χ3v) is 10.6. The smallest absolute Gasteiger partial charge is 0.335 e. The Bertz CT molecular complexity index is 1570. The van der Waals surface area contributed by atoms with Crippen molar-refractivity contribution in [1.82, 2.24) is 15.1 Å². The SMILES string of the molecule is CC1(C)C(c2ccc(C(=O)O)cc2)=CC[C@]2(C)CN(C(=O)c3ccc(C(=O)NCCCN4CCS(=O)(=O)CC4)o3)CC=C12. The fourth-order valence-corrected chi connectivity index (χ4v) is 7.93. The zero-order valence-electron chi connectivity index (χ0n) is 24.9. The number of carbonyl (C=O) groups excluding carboxylic acids is 2. The summed E-state index contributed by atoms with van der Waals surface area (Å²) in [5, 5.41) is 12.1. The van der Waals surface area contributed by atoms with E-state index in [1.807, 2.05) is 12.1 Å². The Morgan fingerprint density at radius 3 is 2.33 bits per heavy atom. The quantitative estimate of drug-likeness (QED) is 0.341. The molecule has 5 rings (SSSR count). The van der Waals surface area contributed by atoms with Gasteiger partial charge in [0.1, 0.15) is 0 Å². The van der Waals surface area contributed by atoms with Gasteiger partial charge in [0.15, 0.2) is 21.4 Å². The molecule has 1 atom stereocenters. The molecule has 43 heavy (non-hydrogen) atoms. The highest BCUT2D eigenvalue weighted by Gasteiger charge is 2.46. The number of hydrogen-bond donors (Lipinski definition) is 2. The molecule has 1 aliphatic carbocycles. The number of carboxylic acids is 1. The number of carboxylic acid groups (broad SMARTS) is 1. The van der Waals surface area contributed by atoms with Gasteiger partial charge in [0.05, 0.1) is 17.1 Å². The second-order valence-corrected chi connectivity index (χ2v) is 14.8. The van der Waals surface area contributed by atoms with Crippen LogP contribution in [-0.2, 0) is 9.84 Å². The molecule has 0 unspecified atom stereocenters. The molecule has 11 heteroatoms. The molecule has 0 bridgehead atoms. The second kappa shape index (κ2) is 11.8. The van der Waals surface area contributed by atoms with Crippen LogP contribution in [0.1, 0.15) is 70.6 Å². The van der Waals surface area contributed by atoms with Crippen molar-refractivity contribution in [2.75, 3.05) is 50.8 Å². The Hall–Kier alpha value is -3.70. The highest BCUT2D eigenvalue weighted by molar-refractivity contribution is 7.91. The van der Waals surface area contributed by atoms with Crippen LogP contribution in [0.5, 0.6) is 0 Å². The van der Waals surface area contributed by atoms with E-state index in [0.717, 1.165) is 17.6 Å². The minimum absolute atomic E-state index is 0.0761. The lowest BCUT2D eigenvalue weighted by molar-refractivity contribution is 0.0646. The normalized spacial score (nSPS) is 23.1. The van der Waals surface area contributed by atoms with Crippen molar-refractivity contribution in [3.8, 4) is 0 Å². The van der Waals surface area contributed by atoms with E-state index >= 15 is 0 Å². The molecule has 2 N–H and O–H groups in total. The molecule has 10 nitrogen and oxygen atoms in total. The molecule has 230 valence electrons. The lowest BCUT2D eigenvalue weighted by Crippen LogP contribution is -2.48. The molecule has 1 saturated heterocycles. The summed E-state index contributed by atoms with van der Waals surface area (Å²) in [7, 11) is -2.92. The number of fused-ring (bicyclic) bond motifs is 1. The van der Waals surface area contributed by atoms with E-state index in [-0.39, 0.29) is 45.3 Å². The van der Waals surface area contributed by atoms with Gasteiger partial charge < -0.3 is 24.6 Å². The third kappa shape index (κ3) is 6.47. The first kappa shape index (κ1) is 30.7. The van der Waals surface area contributed by atoms with Gasteiger partial charge in [-0.25, -0.2) is 13.2 Å². The largest absolute Gasteiger partial charge is 0.478 e. The average Bonchev–Trinajstić information content (AvgIpc) is 3.46. The lowest BCUT2D eigenvalue weighted by Gasteiger charge is -2.50. The summed E-state index contributed by atoms with van der Waals surface area (Å²) in [5.41, 5.74) is 3.02. The van der Waals surface area contributed by atoms with E-state index in [2.05, 4.69) is 43.1 Å². The fraction of sp³-hybridized carbons (Fsp3) is 0.469. The number of sulfone groups is 1. The zero-order chi connectivity index (χ0) is 31.0. The molecular weight excluding hydrogens is 570 g/mol. The Labute approximate surface area is 252 Å². The van der Waals surface area contributed by atoms with Crippen molar-refractivity contribution in [3.05, 3.63) is 76.8 Å². The second-order valence-electron chi connectivity index (χ2n) is 12.5. The van der Waals surface area contributed by atoms with Crippen LogP contribution >= 0.6 is 0 Å². The maximum absolute atomic E-state index is 13.4. The molecular formula is C32H39N3O7S. The number of allylic oxidation sites excluding steroid dienone is 2. The Morgan fingerprint density at radius 2 is 1.65 bits per heavy atom. The van der Waals surface area contributed by atoms with E-state index in [1.54, 1.807) is 17.0 Å². The van der Waals surface area contributed by atoms with Crippen molar-refractivity contribution >= 4 is 33.2 Å². The Morgan fingerprint density at radius 1 is 0.977 bits per heavy atom. The molecule has 2 amide bonds. The summed E-state index contributed by atoms with van der Waals surface area (Å²) >= 11 is 0. The summed E-state index contributed by atoms with van der Waals surface area (Å²) in [5.74, 6) is -1.07. The fourth-order valence-electron chi connectivity index (χ4n) is 6.65. The predicted octanol–water partition coefficient (Wildman–Crippen LogP) is 3.73. The van der Waals surface area contributed by atoms with Gasteiger partial charge in [-0.05, 0) is 54.8 Å². The first-order chi connectivity index (χ1) is 20.3. The first-order valence-corrected chi connectivity index (χ1v) is 16.5. The number of rotatable bonds is 8. The number of benzene rings is 1. The molecule has 1 aromatic carbocycles. The van der Waals surface area contributed by atoms with E-state index in [1.165, 1.54) is 17.7 Å². The Kier molecular flexibility index (Phi) is 8.41. The molecule has 3 aliphatic rings. The van der Waals surface area contributed by atoms with Crippen LogP contribution in [0.3, 0.4) is 0 Å². The molecule has 0 radical (unpaired) electrons. The van der Waals surface area contributed by atoms with Crippen molar-refractivity contribution in [2.24, 2.45) is 10.8 Å². The third-order valence-electron chi connectivity index (χ3n) is 8.95. The molecule has 0 saturated carbocycles. The predicted molar refractivity (Wildman–Crippen MR) is 163 cm³/mol. The monoisotopic (exact) mass is 609 g/mol. The number of hydrogen-bond acceptors (Lipinski definition) is 7. The van der Waals surface area contributed by atoms with Crippen LogP contribution in [0.15, 0.2) is 58.5 Å². The van der Waals surface area contributed by atoms with Crippen LogP contribution in [0.4, 0.5) is 0 Å². The van der Waals surface area contributed by atoms with Gasteiger partial charge in [-0.1, -0.05) is 50.6 Å².